The minimum Gasteiger partial charge on any atom is -0.330 e. The van der Waals surface area contributed by atoms with Crippen LogP contribution < -0.4 is 5.73 Å². The van der Waals surface area contributed by atoms with Gasteiger partial charge in [-0.1, -0.05) is 13.8 Å². The average Bonchev–Trinajstić information content (AvgIpc) is 2.34. The normalized spacial score (nSPS) is 20.6. The molecule has 0 aromatic rings. The van der Waals surface area contributed by atoms with Gasteiger partial charge in [0.05, 0.1) is 6.54 Å². The smallest absolute Gasteiger partial charge is 0.330 e. The molecule has 0 radical (unpaired) electrons. The van der Waals surface area contributed by atoms with Crippen LogP contribution in [-0.4, -0.2) is 61.8 Å². The molecule has 0 aromatic carbocycles. The molecule has 6 heteroatoms. The Morgan fingerprint density at radius 3 is 2.05 bits per heavy atom. The fourth-order valence-corrected chi connectivity index (χ4v) is 2.79. The van der Waals surface area contributed by atoms with Gasteiger partial charge in [0, 0.05) is 26.2 Å². The van der Waals surface area contributed by atoms with E-state index < -0.39 is 12.7 Å². The van der Waals surface area contributed by atoms with Crippen molar-refractivity contribution in [3.05, 3.63) is 0 Å². The van der Waals surface area contributed by atoms with Gasteiger partial charge in [0.1, 0.15) is 0 Å². The van der Waals surface area contributed by atoms with Crippen LogP contribution in [0, 0.1) is 11.8 Å². The number of rotatable bonds is 7. The predicted molar refractivity (Wildman–Crippen MR) is 75.6 cm³/mol. The lowest BCUT2D eigenvalue weighted by atomic mass is 9.94. The summed E-state index contributed by atoms with van der Waals surface area (Å²) >= 11 is 0. The van der Waals surface area contributed by atoms with Crippen LogP contribution in [0.4, 0.5) is 13.2 Å². The highest BCUT2D eigenvalue weighted by Crippen LogP contribution is 2.18. The maximum Gasteiger partial charge on any atom is 0.401 e. The summed E-state index contributed by atoms with van der Waals surface area (Å²) in [6, 6.07) is 0. The van der Waals surface area contributed by atoms with Gasteiger partial charge >= 0.3 is 6.18 Å². The highest BCUT2D eigenvalue weighted by molar-refractivity contribution is 4.75. The molecule has 1 saturated heterocycles. The van der Waals surface area contributed by atoms with E-state index in [2.05, 4.69) is 18.7 Å². The Hall–Kier alpha value is -0.330. The van der Waals surface area contributed by atoms with Gasteiger partial charge in [-0.3, -0.25) is 4.90 Å². The SMILES string of the molecule is CC(C)CC(CN)CCN1CCN(CC(F)(F)F)CC1. The summed E-state index contributed by atoms with van der Waals surface area (Å²) in [7, 11) is 0. The number of halogens is 3. The molecule has 1 rings (SSSR count). The molecule has 0 spiro atoms. The van der Waals surface area contributed by atoms with Gasteiger partial charge in [-0.25, -0.2) is 0 Å². The molecule has 1 fully saturated rings. The second-order valence-corrected chi connectivity index (χ2v) is 6.25. The largest absolute Gasteiger partial charge is 0.401 e. The van der Waals surface area contributed by atoms with Gasteiger partial charge in [-0.15, -0.1) is 0 Å². The van der Waals surface area contributed by atoms with Crippen LogP contribution in [0.3, 0.4) is 0 Å². The molecule has 2 N–H and O–H groups in total. The Morgan fingerprint density at radius 2 is 1.60 bits per heavy atom. The second kappa shape index (κ2) is 8.20. The summed E-state index contributed by atoms with van der Waals surface area (Å²) in [5.41, 5.74) is 5.78. The van der Waals surface area contributed by atoms with E-state index in [0.29, 0.717) is 31.5 Å². The van der Waals surface area contributed by atoms with E-state index in [1.54, 1.807) is 0 Å². The summed E-state index contributed by atoms with van der Waals surface area (Å²) in [6.45, 7) is 7.75. The standard InChI is InChI=1S/C14H28F3N3/c1-12(2)9-13(10-18)3-4-19-5-7-20(8-6-19)11-14(15,16)17/h12-13H,3-11,18H2,1-2H3. The Bertz CT molecular complexity index is 261. The van der Waals surface area contributed by atoms with E-state index in [-0.39, 0.29) is 0 Å². The highest BCUT2D eigenvalue weighted by atomic mass is 19.4. The van der Waals surface area contributed by atoms with Crippen molar-refractivity contribution in [3.63, 3.8) is 0 Å². The highest BCUT2D eigenvalue weighted by Gasteiger charge is 2.32. The van der Waals surface area contributed by atoms with Crippen molar-refractivity contribution < 1.29 is 13.2 Å². The molecule has 0 saturated carbocycles. The topological polar surface area (TPSA) is 32.5 Å². The molecule has 20 heavy (non-hydrogen) atoms. The van der Waals surface area contributed by atoms with Crippen LogP contribution in [-0.2, 0) is 0 Å². The van der Waals surface area contributed by atoms with Crippen molar-refractivity contribution in [1.82, 2.24) is 9.80 Å². The molecule has 1 heterocycles. The van der Waals surface area contributed by atoms with Crippen molar-refractivity contribution in [1.29, 1.82) is 0 Å². The van der Waals surface area contributed by atoms with Gasteiger partial charge in [0.15, 0.2) is 0 Å². The third-order valence-electron chi connectivity index (χ3n) is 3.86. The number of piperazine rings is 1. The zero-order valence-electron chi connectivity index (χ0n) is 12.6. The Kier molecular flexibility index (Phi) is 7.26. The van der Waals surface area contributed by atoms with Crippen molar-refractivity contribution in [2.24, 2.45) is 17.6 Å². The van der Waals surface area contributed by atoms with Crippen molar-refractivity contribution in [2.75, 3.05) is 45.8 Å². The average molecular weight is 295 g/mol. The molecule has 1 unspecified atom stereocenters. The number of hydrogen-bond acceptors (Lipinski definition) is 3. The monoisotopic (exact) mass is 295 g/mol. The van der Waals surface area contributed by atoms with Crippen LogP contribution in [0.5, 0.6) is 0 Å². The fraction of sp³-hybridized carbons (Fsp3) is 1.00. The lowest BCUT2D eigenvalue weighted by Gasteiger charge is -2.35. The van der Waals surface area contributed by atoms with E-state index in [4.69, 9.17) is 5.73 Å². The molecule has 0 aliphatic carbocycles. The number of alkyl halides is 3. The molecule has 0 aromatic heterocycles. The maximum absolute atomic E-state index is 12.3. The summed E-state index contributed by atoms with van der Waals surface area (Å²) < 4.78 is 36.9. The second-order valence-electron chi connectivity index (χ2n) is 6.25. The third-order valence-corrected chi connectivity index (χ3v) is 3.86. The van der Waals surface area contributed by atoms with Gasteiger partial charge in [0.25, 0.3) is 0 Å². The molecule has 120 valence electrons. The number of nitrogens with two attached hydrogens (primary N) is 1. The van der Waals surface area contributed by atoms with Crippen LogP contribution in [0.1, 0.15) is 26.7 Å². The number of hydrogen-bond donors (Lipinski definition) is 1. The van der Waals surface area contributed by atoms with Crippen LogP contribution >= 0.6 is 0 Å². The van der Waals surface area contributed by atoms with E-state index in [1.165, 1.54) is 4.90 Å². The molecule has 0 amide bonds. The molecule has 3 nitrogen and oxygen atoms in total. The quantitative estimate of drug-likeness (QED) is 0.781. The third kappa shape index (κ3) is 7.45. The fourth-order valence-electron chi connectivity index (χ4n) is 2.79. The van der Waals surface area contributed by atoms with E-state index >= 15 is 0 Å². The van der Waals surface area contributed by atoms with Gasteiger partial charge in [-0.2, -0.15) is 13.2 Å². The first-order valence-corrected chi connectivity index (χ1v) is 7.51. The Morgan fingerprint density at radius 1 is 1.05 bits per heavy atom. The van der Waals surface area contributed by atoms with Crippen molar-refractivity contribution >= 4 is 0 Å². The van der Waals surface area contributed by atoms with Crippen molar-refractivity contribution in [2.45, 2.75) is 32.9 Å². The Labute approximate surface area is 120 Å². The Balaban J connectivity index is 2.22. The van der Waals surface area contributed by atoms with Gasteiger partial charge in [0.2, 0.25) is 0 Å². The predicted octanol–water partition coefficient (Wildman–Crippen LogP) is 2.18. The first kappa shape index (κ1) is 17.7. The molecule has 1 aliphatic heterocycles. The van der Waals surface area contributed by atoms with E-state index in [0.717, 1.165) is 32.5 Å². The zero-order chi connectivity index (χ0) is 15.2. The maximum atomic E-state index is 12.3. The molecule has 1 aliphatic rings. The first-order chi connectivity index (χ1) is 9.30. The molecule has 1 atom stereocenters. The van der Waals surface area contributed by atoms with Crippen molar-refractivity contribution in [3.8, 4) is 0 Å². The summed E-state index contributed by atoms with van der Waals surface area (Å²) in [5, 5.41) is 0. The number of nitrogens with zero attached hydrogens (tertiary/aromatic N) is 2. The lowest BCUT2D eigenvalue weighted by molar-refractivity contribution is -0.149. The van der Waals surface area contributed by atoms with E-state index in [1.807, 2.05) is 0 Å². The van der Waals surface area contributed by atoms with Crippen LogP contribution in [0.15, 0.2) is 0 Å². The molecule has 0 bridgehead atoms. The van der Waals surface area contributed by atoms with E-state index in [9.17, 15) is 13.2 Å². The zero-order valence-corrected chi connectivity index (χ0v) is 12.6. The molecular weight excluding hydrogens is 267 g/mol. The van der Waals surface area contributed by atoms with Crippen LogP contribution in [0.2, 0.25) is 0 Å². The van der Waals surface area contributed by atoms with Gasteiger partial charge in [-0.05, 0) is 37.8 Å². The first-order valence-electron chi connectivity index (χ1n) is 7.51. The minimum atomic E-state index is -4.08. The lowest BCUT2D eigenvalue weighted by Crippen LogP contribution is -2.49. The summed E-state index contributed by atoms with van der Waals surface area (Å²) in [6.07, 6.45) is -1.90. The van der Waals surface area contributed by atoms with Gasteiger partial charge < -0.3 is 10.6 Å². The molecular formula is C14H28F3N3. The van der Waals surface area contributed by atoms with Crippen LogP contribution in [0.25, 0.3) is 0 Å². The summed E-state index contributed by atoms with van der Waals surface area (Å²) in [4.78, 5) is 3.75. The minimum absolute atomic E-state index is 0.511. The summed E-state index contributed by atoms with van der Waals surface area (Å²) in [5.74, 6) is 1.18.